The van der Waals surface area contributed by atoms with Gasteiger partial charge >= 0.3 is 0 Å². The number of hydrogen-bond acceptors (Lipinski definition) is 5. The molecule has 0 radical (unpaired) electrons. The molecule has 0 saturated carbocycles. The third-order valence-corrected chi connectivity index (χ3v) is 5.06. The molecule has 1 atom stereocenters. The molecular formula is C21H18FN3OS. The van der Waals surface area contributed by atoms with E-state index in [1.807, 2.05) is 54.2 Å². The summed E-state index contributed by atoms with van der Waals surface area (Å²) in [4.78, 5) is 6.62. The Kier molecular flexibility index (Phi) is 5.09. The fourth-order valence-corrected chi connectivity index (χ4v) is 3.75. The topological polar surface area (TPSA) is 42.2 Å². The average Bonchev–Trinajstić information content (AvgIpc) is 3.36. The molecule has 27 heavy (non-hydrogen) atoms. The maximum atomic E-state index is 13.4. The molecule has 4 aromatic rings. The number of hydrogen-bond donors (Lipinski definition) is 0. The van der Waals surface area contributed by atoms with Gasteiger partial charge in [-0.25, -0.2) is 4.39 Å². The number of halogens is 1. The van der Waals surface area contributed by atoms with Gasteiger partial charge < -0.3 is 4.52 Å². The zero-order valence-corrected chi connectivity index (χ0v) is 15.6. The first-order valence-electron chi connectivity index (χ1n) is 8.56. The molecule has 0 fully saturated rings. The van der Waals surface area contributed by atoms with Crippen LogP contribution in [0.15, 0.2) is 75.9 Å². The van der Waals surface area contributed by atoms with Crippen molar-refractivity contribution in [2.75, 3.05) is 7.05 Å². The Bertz CT molecular complexity index is 984. The minimum atomic E-state index is -0.245. The van der Waals surface area contributed by atoms with Crippen LogP contribution in [0.2, 0.25) is 0 Å². The number of aromatic nitrogens is 2. The SMILES string of the molecule is CN(Cc1nc(-c2ccsc2)no1)C(c1ccccc1)c1ccc(F)cc1. The summed E-state index contributed by atoms with van der Waals surface area (Å²) in [6, 6.07) is 18.6. The maximum Gasteiger partial charge on any atom is 0.241 e. The molecule has 4 rings (SSSR count). The number of nitrogens with zero attached hydrogens (tertiary/aromatic N) is 3. The summed E-state index contributed by atoms with van der Waals surface area (Å²) in [5, 5.41) is 8.05. The highest BCUT2D eigenvalue weighted by Crippen LogP contribution is 2.29. The molecule has 0 spiro atoms. The first kappa shape index (κ1) is 17.6. The van der Waals surface area contributed by atoms with Gasteiger partial charge in [0.2, 0.25) is 11.7 Å². The van der Waals surface area contributed by atoms with Crippen molar-refractivity contribution in [2.24, 2.45) is 0 Å². The van der Waals surface area contributed by atoms with Gasteiger partial charge in [0.05, 0.1) is 12.6 Å². The molecule has 2 aromatic heterocycles. The zero-order valence-electron chi connectivity index (χ0n) is 14.7. The zero-order chi connectivity index (χ0) is 18.6. The van der Waals surface area contributed by atoms with Crippen LogP contribution in [-0.4, -0.2) is 22.1 Å². The summed E-state index contributed by atoms with van der Waals surface area (Å²) in [6.07, 6.45) is 0. The van der Waals surface area contributed by atoms with Gasteiger partial charge in [0.25, 0.3) is 0 Å². The normalized spacial score (nSPS) is 12.4. The smallest absolute Gasteiger partial charge is 0.241 e. The van der Waals surface area contributed by atoms with Crippen LogP contribution in [0, 0.1) is 5.82 Å². The second-order valence-corrected chi connectivity index (χ2v) is 7.08. The van der Waals surface area contributed by atoms with Gasteiger partial charge in [-0.05, 0) is 41.8 Å². The van der Waals surface area contributed by atoms with E-state index in [1.165, 1.54) is 12.1 Å². The Morgan fingerprint density at radius 3 is 2.48 bits per heavy atom. The van der Waals surface area contributed by atoms with Crippen LogP contribution in [0.5, 0.6) is 0 Å². The molecule has 0 aliphatic rings. The standard InChI is InChI=1S/C21H18FN3OS/c1-25(13-19-23-21(24-26-19)17-11-12-27-14-17)20(15-5-3-2-4-6-15)16-7-9-18(22)10-8-16/h2-12,14,20H,13H2,1H3. The van der Waals surface area contributed by atoms with E-state index in [4.69, 9.17) is 4.52 Å². The minimum absolute atomic E-state index is 0.0525. The molecule has 0 aliphatic heterocycles. The Balaban J connectivity index is 1.61. The van der Waals surface area contributed by atoms with Crippen molar-refractivity contribution in [3.8, 4) is 11.4 Å². The minimum Gasteiger partial charge on any atom is -0.338 e. The van der Waals surface area contributed by atoms with Crippen LogP contribution in [-0.2, 0) is 6.54 Å². The maximum absolute atomic E-state index is 13.4. The van der Waals surface area contributed by atoms with E-state index >= 15 is 0 Å². The highest BCUT2D eigenvalue weighted by molar-refractivity contribution is 7.08. The Morgan fingerprint density at radius 2 is 1.78 bits per heavy atom. The molecule has 136 valence electrons. The highest BCUT2D eigenvalue weighted by Gasteiger charge is 2.21. The van der Waals surface area contributed by atoms with Gasteiger partial charge in [0.15, 0.2) is 0 Å². The van der Waals surface area contributed by atoms with E-state index in [0.717, 1.165) is 16.7 Å². The Hall–Kier alpha value is -2.83. The Morgan fingerprint density at radius 1 is 1.04 bits per heavy atom. The van der Waals surface area contributed by atoms with Crippen LogP contribution in [0.1, 0.15) is 23.1 Å². The molecule has 0 N–H and O–H groups in total. The summed E-state index contributed by atoms with van der Waals surface area (Å²) in [5.74, 6) is 0.893. The van der Waals surface area contributed by atoms with Gasteiger partial charge in [-0.1, -0.05) is 47.6 Å². The van der Waals surface area contributed by atoms with E-state index in [0.29, 0.717) is 18.3 Å². The third-order valence-electron chi connectivity index (χ3n) is 4.37. The summed E-state index contributed by atoms with van der Waals surface area (Å²) in [6.45, 7) is 0.480. The monoisotopic (exact) mass is 379 g/mol. The summed E-state index contributed by atoms with van der Waals surface area (Å²) in [5.41, 5.74) is 3.07. The first-order valence-corrected chi connectivity index (χ1v) is 9.51. The molecule has 0 amide bonds. The van der Waals surface area contributed by atoms with Gasteiger partial charge in [-0.15, -0.1) is 0 Å². The molecule has 0 aliphatic carbocycles. The van der Waals surface area contributed by atoms with Crippen LogP contribution < -0.4 is 0 Å². The highest BCUT2D eigenvalue weighted by atomic mass is 32.1. The lowest BCUT2D eigenvalue weighted by Gasteiger charge is -2.27. The fourth-order valence-electron chi connectivity index (χ4n) is 3.11. The summed E-state index contributed by atoms with van der Waals surface area (Å²) < 4.78 is 18.8. The van der Waals surface area contributed by atoms with Crippen molar-refractivity contribution < 1.29 is 8.91 Å². The molecule has 2 aromatic carbocycles. The lowest BCUT2D eigenvalue weighted by atomic mass is 9.97. The van der Waals surface area contributed by atoms with Crippen molar-refractivity contribution in [3.05, 3.63) is 94.3 Å². The van der Waals surface area contributed by atoms with Crippen molar-refractivity contribution in [2.45, 2.75) is 12.6 Å². The second-order valence-electron chi connectivity index (χ2n) is 6.30. The van der Waals surface area contributed by atoms with Gasteiger partial charge in [0, 0.05) is 10.9 Å². The molecule has 0 saturated heterocycles. The molecule has 6 heteroatoms. The van der Waals surface area contributed by atoms with Crippen molar-refractivity contribution in [1.82, 2.24) is 15.0 Å². The average molecular weight is 379 g/mol. The van der Waals surface area contributed by atoms with Gasteiger partial charge in [-0.3, -0.25) is 4.90 Å². The lowest BCUT2D eigenvalue weighted by molar-refractivity contribution is 0.229. The van der Waals surface area contributed by atoms with Crippen molar-refractivity contribution in [1.29, 1.82) is 0 Å². The fraction of sp³-hybridized carbons (Fsp3) is 0.143. The van der Waals surface area contributed by atoms with Gasteiger partial charge in [0.1, 0.15) is 5.82 Å². The number of thiophene rings is 1. The van der Waals surface area contributed by atoms with E-state index in [1.54, 1.807) is 11.3 Å². The van der Waals surface area contributed by atoms with E-state index in [-0.39, 0.29) is 11.9 Å². The second kappa shape index (κ2) is 7.82. The van der Waals surface area contributed by atoms with E-state index in [2.05, 4.69) is 27.2 Å². The third kappa shape index (κ3) is 3.97. The quantitative estimate of drug-likeness (QED) is 0.464. The first-order chi connectivity index (χ1) is 13.2. The van der Waals surface area contributed by atoms with Crippen LogP contribution in [0.4, 0.5) is 4.39 Å². The Labute approximate surface area is 160 Å². The van der Waals surface area contributed by atoms with Crippen LogP contribution >= 0.6 is 11.3 Å². The number of rotatable bonds is 6. The lowest BCUT2D eigenvalue weighted by Crippen LogP contribution is -2.25. The predicted molar refractivity (Wildman–Crippen MR) is 104 cm³/mol. The molecule has 4 nitrogen and oxygen atoms in total. The van der Waals surface area contributed by atoms with E-state index < -0.39 is 0 Å². The molecule has 0 bridgehead atoms. The van der Waals surface area contributed by atoms with Gasteiger partial charge in [-0.2, -0.15) is 16.3 Å². The summed E-state index contributed by atoms with van der Waals surface area (Å²) >= 11 is 1.60. The van der Waals surface area contributed by atoms with E-state index in [9.17, 15) is 4.39 Å². The molecule has 2 heterocycles. The van der Waals surface area contributed by atoms with Crippen molar-refractivity contribution >= 4 is 11.3 Å². The summed E-state index contributed by atoms with van der Waals surface area (Å²) in [7, 11) is 2.00. The van der Waals surface area contributed by atoms with Crippen LogP contribution in [0.25, 0.3) is 11.4 Å². The molecule has 1 unspecified atom stereocenters. The predicted octanol–water partition coefficient (Wildman–Crippen LogP) is 5.16. The van der Waals surface area contributed by atoms with Crippen LogP contribution in [0.3, 0.4) is 0 Å². The molecular weight excluding hydrogens is 361 g/mol. The number of benzene rings is 2. The largest absolute Gasteiger partial charge is 0.338 e. The van der Waals surface area contributed by atoms with Crippen molar-refractivity contribution in [3.63, 3.8) is 0 Å².